The zero-order valence-electron chi connectivity index (χ0n) is 15.4. The van der Waals surface area contributed by atoms with Crippen LogP contribution in [0.4, 0.5) is 4.79 Å². The third-order valence-electron chi connectivity index (χ3n) is 4.28. The predicted molar refractivity (Wildman–Crippen MR) is 114 cm³/mol. The number of aromatic hydroxyl groups is 1. The second-order valence-electron chi connectivity index (χ2n) is 6.40. The Bertz CT molecular complexity index is 942. The molecule has 1 aliphatic heterocycles. The van der Waals surface area contributed by atoms with Gasteiger partial charge in [-0.15, -0.1) is 0 Å². The number of rotatable bonds is 7. The molecule has 0 aromatic heterocycles. The summed E-state index contributed by atoms with van der Waals surface area (Å²) in [6, 6.07) is 13.7. The van der Waals surface area contributed by atoms with Crippen molar-refractivity contribution in [2.75, 3.05) is 13.1 Å². The number of halogens is 1. The van der Waals surface area contributed by atoms with Crippen molar-refractivity contribution in [1.82, 2.24) is 10.2 Å². The summed E-state index contributed by atoms with van der Waals surface area (Å²) in [5, 5.41) is 12.2. The summed E-state index contributed by atoms with van der Waals surface area (Å²) in [5.74, 6) is -0.434. The molecule has 1 heterocycles. The highest BCUT2D eigenvalue weighted by atomic mass is 35.5. The molecule has 0 saturated carbocycles. The minimum Gasteiger partial charge on any atom is -0.508 e. The van der Waals surface area contributed by atoms with E-state index in [4.69, 9.17) is 11.6 Å². The largest absolute Gasteiger partial charge is 0.508 e. The van der Waals surface area contributed by atoms with Crippen LogP contribution in [-0.2, 0) is 16.0 Å². The first kappa shape index (κ1) is 21.0. The number of imide groups is 1. The second kappa shape index (κ2) is 9.62. The van der Waals surface area contributed by atoms with E-state index < -0.39 is 5.91 Å². The first-order chi connectivity index (χ1) is 13.9. The molecule has 1 fully saturated rings. The van der Waals surface area contributed by atoms with Gasteiger partial charge in [-0.25, -0.2) is 0 Å². The summed E-state index contributed by atoms with van der Waals surface area (Å²) in [4.78, 5) is 38.0. The number of phenolic OH excluding ortho intramolecular Hbond substituents is 1. The maximum Gasteiger partial charge on any atom is 0.293 e. The molecule has 8 heteroatoms. The first-order valence-electron chi connectivity index (χ1n) is 8.98. The van der Waals surface area contributed by atoms with Gasteiger partial charge in [-0.3, -0.25) is 19.3 Å². The Morgan fingerprint density at radius 2 is 1.79 bits per heavy atom. The number of amides is 3. The molecule has 1 saturated heterocycles. The van der Waals surface area contributed by atoms with E-state index in [0.717, 1.165) is 27.8 Å². The van der Waals surface area contributed by atoms with E-state index in [1.165, 1.54) is 0 Å². The van der Waals surface area contributed by atoms with Crippen molar-refractivity contribution in [2.24, 2.45) is 0 Å². The van der Waals surface area contributed by atoms with Gasteiger partial charge in [0.1, 0.15) is 5.75 Å². The van der Waals surface area contributed by atoms with Crippen molar-refractivity contribution in [3.8, 4) is 5.75 Å². The third-order valence-corrected chi connectivity index (χ3v) is 5.44. The summed E-state index contributed by atoms with van der Waals surface area (Å²) in [7, 11) is 0. The minimum atomic E-state index is -0.396. The highest BCUT2D eigenvalue weighted by molar-refractivity contribution is 8.18. The zero-order chi connectivity index (χ0) is 20.8. The molecule has 0 radical (unpaired) electrons. The number of thioether (sulfide) groups is 1. The maximum absolute atomic E-state index is 12.5. The van der Waals surface area contributed by atoms with E-state index in [-0.39, 0.29) is 29.9 Å². The number of carbonyl (C=O) groups excluding carboxylic acids is 3. The highest BCUT2D eigenvalue weighted by Gasteiger charge is 2.34. The normalized spacial score (nSPS) is 15.2. The Labute approximate surface area is 177 Å². The number of nitrogens with one attached hydrogen (secondary N) is 1. The van der Waals surface area contributed by atoms with Gasteiger partial charge < -0.3 is 10.4 Å². The molecule has 3 rings (SSSR count). The van der Waals surface area contributed by atoms with E-state index in [1.807, 2.05) is 0 Å². The number of carbonyl (C=O) groups is 3. The molecular formula is C21H19ClN2O4S. The van der Waals surface area contributed by atoms with Crippen molar-refractivity contribution in [3.63, 3.8) is 0 Å². The Morgan fingerprint density at radius 1 is 1.10 bits per heavy atom. The van der Waals surface area contributed by atoms with E-state index >= 15 is 0 Å². The van der Waals surface area contributed by atoms with Crippen LogP contribution >= 0.6 is 23.4 Å². The molecule has 2 aromatic carbocycles. The van der Waals surface area contributed by atoms with Crippen LogP contribution in [0.15, 0.2) is 53.4 Å². The maximum atomic E-state index is 12.5. The average molecular weight is 431 g/mol. The van der Waals surface area contributed by atoms with Crippen molar-refractivity contribution < 1.29 is 19.5 Å². The van der Waals surface area contributed by atoms with Crippen LogP contribution in [0.2, 0.25) is 5.02 Å². The monoisotopic (exact) mass is 430 g/mol. The van der Waals surface area contributed by atoms with Crippen LogP contribution in [0.1, 0.15) is 17.5 Å². The van der Waals surface area contributed by atoms with Crippen molar-refractivity contribution in [2.45, 2.75) is 12.8 Å². The SMILES string of the molecule is O=C(CCN1C(=O)S/C(=C\c2ccc(Cl)cc2)C1=O)NCCc1ccc(O)cc1. The van der Waals surface area contributed by atoms with Gasteiger partial charge in [0.05, 0.1) is 4.91 Å². The Hall–Kier alpha value is -2.77. The van der Waals surface area contributed by atoms with Crippen molar-refractivity contribution in [1.29, 1.82) is 0 Å². The van der Waals surface area contributed by atoms with Gasteiger partial charge in [0, 0.05) is 24.5 Å². The van der Waals surface area contributed by atoms with Gasteiger partial charge in [0.25, 0.3) is 11.1 Å². The van der Waals surface area contributed by atoms with Crippen LogP contribution < -0.4 is 5.32 Å². The van der Waals surface area contributed by atoms with E-state index in [1.54, 1.807) is 54.6 Å². The van der Waals surface area contributed by atoms with Gasteiger partial charge >= 0.3 is 0 Å². The molecule has 150 valence electrons. The summed E-state index contributed by atoms with van der Waals surface area (Å²) < 4.78 is 0. The zero-order valence-corrected chi connectivity index (χ0v) is 17.0. The molecule has 0 bridgehead atoms. The first-order valence-corrected chi connectivity index (χ1v) is 10.2. The Kier molecular flexibility index (Phi) is 6.95. The molecule has 2 N–H and O–H groups in total. The van der Waals surface area contributed by atoms with Gasteiger partial charge in [-0.05, 0) is 59.7 Å². The topological polar surface area (TPSA) is 86.7 Å². The van der Waals surface area contributed by atoms with E-state index in [9.17, 15) is 19.5 Å². The molecule has 0 unspecified atom stereocenters. The molecule has 3 amide bonds. The van der Waals surface area contributed by atoms with Crippen LogP contribution in [0, 0.1) is 0 Å². The number of phenols is 1. The summed E-state index contributed by atoms with van der Waals surface area (Å²) in [6.45, 7) is 0.468. The van der Waals surface area contributed by atoms with Crippen molar-refractivity contribution in [3.05, 3.63) is 69.6 Å². The van der Waals surface area contributed by atoms with Gasteiger partial charge in [0.15, 0.2) is 0 Å². The molecule has 6 nitrogen and oxygen atoms in total. The fourth-order valence-corrected chi connectivity index (χ4v) is 3.70. The lowest BCUT2D eigenvalue weighted by Gasteiger charge is -2.12. The van der Waals surface area contributed by atoms with Crippen LogP contribution in [0.5, 0.6) is 5.75 Å². The summed E-state index contributed by atoms with van der Waals surface area (Å²) in [6.07, 6.45) is 2.30. The number of benzene rings is 2. The summed E-state index contributed by atoms with van der Waals surface area (Å²) in [5.41, 5.74) is 1.76. The average Bonchev–Trinajstić information content (AvgIpc) is 2.96. The standard InChI is InChI=1S/C21H19ClN2O4S/c22-16-5-1-15(2-6-16)13-18-20(27)24(21(28)29-18)12-10-19(26)23-11-9-14-3-7-17(25)8-4-14/h1-8,13,25H,9-12H2,(H,23,26)/b18-13-. The van der Waals surface area contributed by atoms with Crippen LogP contribution in [-0.4, -0.2) is 40.1 Å². The second-order valence-corrected chi connectivity index (χ2v) is 7.83. The lowest BCUT2D eigenvalue weighted by molar-refractivity contribution is -0.124. The molecule has 0 aliphatic carbocycles. The minimum absolute atomic E-state index is 0.0354. The smallest absolute Gasteiger partial charge is 0.293 e. The molecule has 1 aliphatic rings. The van der Waals surface area contributed by atoms with Crippen LogP contribution in [0.25, 0.3) is 6.08 Å². The van der Waals surface area contributed by atoms with E-state index in [0.29, 0.717) is 22.9 Å². The fourth-order valence-electron chi connectivity index (χ4n) is 2.71. The molecular weight excluding hydrogens is 412 g/mol. The van der Waals surface area contributed by atoms with E-state index in [2.05, 4.69) is 5.32 Å². The fraction of sp³-hybridized carbons (Fsp3) is 0.190. The highest BCUT2D eigenvalue weighted by Crippen LogP contribution is 2.32. The van der Waals surface area contributed by atoms with Gasteiger partial charge in [-0.1, -0.05) is 35.9 Å². The Balaban J connectivity index is 1.47. The number of hydrogen-bond acceptors (Lipinski definition) is 5. The van der Waals surface area contributed by atoms with Gasteiger partial charge in [0.2, 0.25) is 5.91 Å². The lowest BCUT2D eigenvalue weighted by atomic mass is 10.1. The molecule has 0 atom stereocenters. The predicted octanol–water partition coefficient (Wildman–Crippen LogP) is 3.83. The van der Waals surface area contributed by atoms with Crippen LogP contribution in [0.3, 0.4) is 0 Å². The lowest BCUT2D eigenvalue weighted by Crippen LogP contribution is -2.34. The molecule has 2 aromatic rings. The summed E-state index contributed by atoms with van der Waals surface area (Å²) >= 11 is 6.71. The third kappa shape index (κ3) is 5.85. The molecule has 29 heavy (non-hydrogen) atoms. The van der Waals surface area contributed by atoms with Gasteiger partial charge in [-0.2, -0.15) is 0 Å². The Morgan fingerprint density at radius 3 is 2.48 bits per heavy atom. The number of hydrogen-bond donors (Lipinski definition) is 2. The van der Waals surface area contributed by atoms with Crippen molar-refractivity contribution >= 4 is 46.5 Å². The quantitative estimate of drug-likeness (QED) is 0.652. The molecule has 0 spiro atoms. The number of nitrogens with zero attached hydrogens (tertiary/aromatic N) is 1.